The highest BCUT2D eigenvalue weighted by molar-refractivity contribution is 7.92. The van der Waals surface area contributed by atoms with Gasteiger partial charge in [0.1, 0.15) is 0 Å². The molecule has 1 aliphatic heterocycles. The molecule has 0 spiro atoms. The van der Waals surface area contributed by atoms with Crippen LogP contribution in [0, 0.1) is 6.92 Å². The second kappa shape index (κ2) is 7.40. The van der Waals surface area contributed by atoms with E-state index in [0.29, 0.717) is 35.5 Å². The minimum Gasteiger partial charge on any atom is -0.465 e. The van der Waals surface area contributed by atoms with Crippen LogP contribution in [0.4, 0.5) is 11.4 Å². The molecule has 1 heterocycles. The number of ether oxygens (including phenoxy) is 1. The molecule has 142 valence electrons. The fourth-order valence-corrected chi connectivity index (χ4v) is 4.13. The van der Waals surface area contributed by atoms with Gasteiger partial charge in [0.2, 0.25) is 5.91 Å². The Morgan fingerprint density at radius 2 is 1.85 bits per heavy atom. The summed E-state index contributed by atoms with van der Waals surface area (Å²) in [6.07, 6.45) is 1.31. The fraction of sp³-hybridized carbons (Fsp3) is 0.263. The maximum absolute atomic E-state index is 12.7. The quantitative estimate of drug-likeness (QED) is 0.795. The van der Waals surface area contributed by atoms with Gasteiger partial charge in [-0.25, -0.2) is 13.2 Å². The zero-order chi connectivity index (χ0) is 19.6. The topological polar surface area (TPSA) is 92.8 Å². The highest BCUT2D eigenvalue weighted by Gasteiger charge is 2.23. The Balaban J connectivity index is 1.85. The van der Waals surface area contributed by atoms with Gasteiger partial charge >= 0.3 is 5.97 Å². The number of esters is 1. The van der Waals surface area contributed by atoms with Crippen molar-refractivity contribution in [2.24, 2.45) is 0 Å². The molecule has 0 atom stereocenters. The van der Waals surface area contributed by atoms with Crippen LogP contribution in [0.25, 0.3) is 0 Å². The van der Waals surface area contributed by atoms with E-state index in [1.54, 1.807) is 42.2 Å². The van der Waals surface area contributed by atoms with E-state index < -0.39 is 16.0 Å². The van der Waals surface area contributed by atoms with Crippen molar-refractivity contribution >= 4 is 33.3 Å². The molecule has 8 heteroatoms. The summed E-state index contributed by atoms with van der Waals surface area (Å²) in [5.74, 6) is -0.493. The van der Waals surface area contributed by atoms with Crippen molar-refractivity contribution in [3.63, 3.8) is 0 Å². The van der Waals surface area contributed by atoms with Gasteiger partial charge in [-0.2, -0.15) is 0 Å². The van der Waals surface area contributed by atoms with E-state index in [0.717, 1.165) is 6.42 Å². The number of nitrogens with one attached hydrogen (secondary N) is 1. The van der Waals surface area contributed by atoms with E-state index in [1.165, 1.54) is 19.2 Å². The molecule has 1 fully saturated rings. The van der Waals surface area contributed by atoms with Crippen LogP contribution in [-0.4, -0.2) is 33.9 Å². The van der Waals surface area contributed by atoms with E-state index in [1.807, 2.05) is 0 Å². The number of carbonyl (C=O) groups excluding carboxylic acids is 2. The molecule has 0 aromatic heterocycles. The molecule has 1 amide bonds. The lowest BCUT2D eigenvalue weighted by molar-refractivity contribution is -0.117. The number of anilines is 2. The molecule has 0 aliphatic carbocycles. The molecule has 2 aromatic rings. The number of rotatable bonds is 5. The zero-order valence-electron chi connectivity index (χ0n) is 15.1. The number of carbonyl (C=O) groups is 2. The third kappa shape index (κ3) is 3.80. The zero-order valence-corrected chi connectivity index (χ0v) is 15.9. The average molecular weight is 388 g/mol. The predicted octanol–water partition coefficient (Wildman–Crippen LogP) is 2.71. The summed E-state index contributed by atoms with van der Waals surface area (Å²) in [5.41, 5.74) is 1.75. The number of hydrogen-bond donors (Lipinski definition) is 1. The van der Waals surface area contributed by atoms with Gasteiger partial charge in [-0.1, -0.05) is 6.07 Å². The van der Waals surface area contributed by atoms with Crippen molar-refractivity contribution in [3.05, 3.63) is 53.6 Å². The average Bonchev–Trinajstić information content (AvgIpc) is 3.09. The molecule has 27 heavy (non-hydrogen) atoms. The summed E-state index contributed by atoms with van der Waals surface area (Å²) >= 11 is 0. The van der Waals surface area contributed by atoms with Gasteiger partial charge in [-0.3, -0.25) is 9.52 Å². The molecule has 0 bridgehead atoms. The number of hydrogen-bond acceptors (Lipinski definition) is 5. The van der Waals surface area contributed by atoms with Crippen LogP contribution < -0.4 is 9.62 Å². The Kier molecular flexibility index (Phi) is 5.18. The summed E-state index contributed by atoms with van der Waals surface area (Å²) in [5, 5.41) is 0. The molecule has 3 rings (SSSR count). The van der Waals surface area contributed by atoms with Crippen LogP contribution in [-0.2, 0) is 19.6 Å². The first-order valence-corrected chi connectivity index (χ1v) is 9.93. The van der Waals surface area contributed by atoms with Gasteiger partial charge in [0, 0.05) is 18.7 Å². The Morgan fingerprint density at radius 3 is 2.44 bits per heavy atom. The first-order chi connectivity index (χ1) is 12.8. The van der Waals surface area contributed by atoms with E-state index >= 15 is 0 Å². The van der Waals surface area contributed by atoms with Crippen molar-refractivity contribution < 1.29 is 22.7 Å². The van der Waals surface area contributed by atoms with Crippen LogP contribution in [0.5, 0.6) is 0 Å². The molecule has 0 radical (unpaired) electrons. The molecule has 1 aliphatic rings. The van der Waals surface area contributed by atoms with Crippen LogP contribution in [0.3, 0.4) is 0 Å². The lowest BCUT2D eigenvalue weighted by atomic mass is 10.1. The van der Waals surface area contributed by atoms with Gasteiger partial charge in [0.05, 0.1) is 23.3 Å². The largest absolute Gasteiger partial charge is 0.465 e. The normalized spacial score (nSPS) is 14.3. The SMILES string of the molecule is COC(=O)c1cccc(NS(=O)(=O)c2ccc(N3CCCC3=O)cc2)c1C. The van der Waals surface area contributed by atoms with Gasteiger partial charge in [0.25, 0.3) is 10.0 Å². The van der Waals surface area contributed by atoms with Gasteiger partial charge in [-0.05, 0) is 55.3 Å². The van der Waals surface area contributed by atoms with Crippen molar-refractivity contribution in [2.75, 3.05) is 23.3 Å². The van der Waals surface area contributed by atoms with Gasteiger partial charge in [-0.15, -0.1) is 0 Å². The standard InChI is InChI=1S/C19H20N2O5S/c1-13-16(19(23)26-2)5-3-6-17(13)20-27(24,25)15-10-8-14(9-11-15)21-12-4-7-18(21)22/h3,5-6,8-11,20H,4,7,12H2,1-2H3. The molecule has 1 saturated heterocycles. The van der Waals surface area contributed by atoms with Crippen molar-refractivity contribution in [3.8, 4) is 0 Å². The Labute approximate surface area is 158 Å². The summed E-state index contributed by atoms with van der Waals surface area (Å²) in [6, 6.07) is 10.9. The number of amides is 1. The molecule has 0 saturated carbocycles. The van der Waals surface area contributed by atoms with Gasteiger partial charge < -0.3 is 9.64 Å². The molecular weight excluding hydrogens is 368 g/mol. The van der Waals surface area contributed by atoms with Crippen LogP contribution >= 0.6 is 0 Å². The summed E-state index contributed by atoms with van der Waals surface area (Å²) in [7, 11) is -2.58. The lowest BCUT2D eigenvalue weighted by Crippen LogP contribution is -2.23. The summed E-state index contributed by atoms with van der Waals surface area (Å²) in [4.78, 5) is 25.3. The van der Waals surface area contributed by atoms with E-state index in [9.17, 15) is 18.0 Å². The van der Waals surface area contributed by atoms with E-state index in [2.05, 4.69) is 4.72 Å². The second-order valence-electron chi connectivity index (χ2n) is 6.22. The van der Waals surface area contributed by atoms with Crippen LogP contribution in [0.2, 0.25) is 0 Å². The minimum absolute atomic E-state index is 0.0407. The number of methoxy groups -OCH3 is 1. The Bertz CT molecular complexity index is 984. The van der Waals surface area contributed by atoms with Crippen molar-refractivity contribution in [1.82, 2.24) is 0 Å². The van der Waals surface area contributed by atoms with Crippen molar-refractivity contribution in [1.29, 1.82) is 0 Å². The lowest BCUT2D eigenvalue weighted by Gasteiger charge is -2.16. The highest BCUT2D eigenvalue weighted by Crippen LogP contribution is 2.26. The van der Waals surface area contributed by atoms with Crippen molar-refractivity contribution in [2.45, 2.75) is 24.7 Å². The number of sulfonamides is 1. The maximum Gasteiger partial charge on any atom is 0.338 e. The minimum atomic E-state index is -3.84. The summed E-state index contributed by atoms with van der Waals surface area (Å²) < 4.78 is 32.6. The molecular formula is C19H20N2O5S. The van der Waals surface area contributed by atoms with Gasteiger partial charge in [0.15, 0.2) is 0 Å². The fourth-order valence-electron chi connectivity index (χ4n) is 3.01. The molecule has 0 unspecified atom stereocenters. The first kappa shape index (κ1) is 18.9. The smallest absolute Gasteiger partial charge is 0.338 e. The summed E-state index contributed by atoms with van der Waals surface area (Å²) in [6.45, 7) is 2.29. The van der Waals surface area contributed by atoms with E-state index in [-0.39, 0.29) is 10.8 Å². The monoisotopic (exact) mass is 388 g/mol. The van der Waals surface area contributed by atoms with Crippen LogP contribution in [0.1, 0.15) is 28.8 Å². The molecule has 7 nitrogen and oxygen atoms in total. The molecule has 1 N–H and O–H groups in total. The Morgan fingerprint density at radius 1 is 1.15 bits per heavy atom. The first-order valence-electron chi connectivity index (χ1n) is 8.44. The third-order valence-electron chi connectivity index (χ3n) is 4.52. The number of benzene rings is 2. The third-order valence-corrected chi connectivity index (χ3v) is 5.90. The predicted molar refractivity (Wildman–Crippen MR) is 101 cm³/mol. The van der Waals surface area contributed by atoms with E-state index in [4.69, 9.17) is 4.74 Å². The highest BCUT2D eigenvalue weighted by atomic mass is 32.2. The second-order valence-corrected chi connectivity index (χ2v) is 7.90. The maximum atomic E-state index is 12.7. The molecule has 2 aromatic carbocycles. The Hall–Kier alpha value is -2.87. The van der Waals surface area contributed by atoms with Crippen LogP contribution in [0.15, 0.2) is 47.4 Å². The number of nitrogens with zero attached hydrogens (tertiary/aromatic N) is 1.